The molecule has 0 aliphatic carbocycles. The molecule has 140 valence electrons. The van der Waals surface area contributed by atoms with Gasteiger partial charge in [0.1, 0.15) is 11.6 Å². The fraction of sp³-hybridized carbons (Fsp3) is 0.0952. The molecule has 0 unspecified atom stereocenters. The topological polar surface area (TPSA) is 79.6 Å². The molecule has 3 aromatic rings. The Hall–Kier alpha value is -3.74. The lowest BCUT2D eigenvalue weighted by Gasteiger charge is -2.11. The number of carbonyl (C=O) groups excluding carboxylic acids is 3. The van der Waals surface area contributed by atoms with E-state index in [1.807, 2.05) is 0 Å². The molecule has 0 radical (unpaired) electrons. The minimum absolute atomic E-state index is 0.0332. The Bertz CT molecular complexity index is 1060. The Balaban J connectivity index is 1.49. The van der Waals surface area contributed by atoms with Gasteiger partial charge in [0.05, 0.1) is 23.9 Å². The fourth-order valence-corrected chi connectivity index (χ4v) is 3.02. The van der Waals surface area contributed by atoms with Crippen molar-refractivity contribution in [3.63, 3.8) is 0 Å². The second-order valence-corrected chi connectivity index (χ2v) is 6.35. The highest BCUT2D eigenvalue weighted by Gasteiger charge is 2.36. The summed E-state index contributed by atoms with van der Waals surface area (Å²) < 4.78 is 18.1. The first-order chi connectivity index (χ1) is 13.5. The molecule has 0 saturated heterocycles. The van der Waals surface area contributed by atoms with Crippen molar-refractivity contribution in [1.29, 1.82) is 0 Å². The average Bonchev–Trinajstić information content (AvgIpc) is 3.30. The molecule has 2 aromatic carbocycles. The van der Waals surface area contributed by atoms with Crippen LogP contribution in [0.1, 0.15) is 42.4 Å². The van der Waals surface area contributed by atoms with Crippen molar-refractivity contribution in [2.24, 2.45) is 0 Å². The number of imide groups is 1. The van der Waals surface area contributed by atoms with Crippen LogP contribution < -0.4 is 5.32 Å². The molecular formula is C21H15FN2O4. The van der Waals surface area contributed by atoms with Gasteiger partial charge in [0.15, 0.2) is 0 Å². The molecule has 1 aliphatic rings. The lowest BCUT2D eigenvalue weighted by Crippen LogP contribution is -2.28. The third-order valence-corrected chi connectivity index (χ3v) is 4.49. The first kappa shape index (κ1) is 17.7. The lowest BCUT2D eigenvalue weighted by molar-refractivity contribution is 0.0631. The van der Waals surface area contributed by atoms with Crippen molar-refractivity contribution in [2.75, 3.05) is 0 Å². The number of nitrogens with zero attached hydrogens (tertiary/aromatic N) is 1. The fourth-order valence-electron chi connectivity index (χ4n) is 3.02. The van der Waals surface area contributed by atoms with Crippen LogP contribution in [-0.2, 0) is 13.1 Å². The minimum atomic E-state index is -0.468. The lowest BCUT2D eigenvalue weighted by atomic mass is 10.1. The van der Waals surface area contributed by atoms with Gasteiger partial charge in [-0.3, -0.25) is 19.3 Å². The van der Waals surface area contributed by atoms with Crippen molar-refractivity contribution in [3.05, 3.63) is 94.7 Å². The van der Waals surface area contributed by atoms with Gasteiger partial charge in [-0.15, -0.1) is 0 Å². The van der Waals surface area contributed by atoms with E-state index in [9.17, 15) is 18.8 Å². The minimum Gasteiger partial charge on any atom is -0.467 e. The van der Waals surface area contributed by atoms with E-state index >= 15 is 0 Å². The van der Waals surface area contributed by atoms with Gasteiger partial charge in [0, 0.05) is 12.1 Å². The van der Waals surface area contributed by atoms with Gasteiger partial charge < -0.3 is 9.73 Å². The summed E-state index contributed by atoms with van der Waals surface area (Å²) in [5, 5.41) is 2.71. The SMILES string of the molecule is O=C(NCc1ccc(F)cc1)c1ccc2c(c1)C(=O)N(Cc1ccco1)C2=O. The van der Waals surface area contributed by atoms with E-state index in [0.717, 1.165) is 10.5 Å². The van der Waals surface area contributed by atoms with Crippen LogP contribution in [0.3, 0.4) is 0 Å². The smallest absolute Gasteiger partial charge is 0.261 e. The van der Waals surface area contributed by atoms with E-state index in [-0.39, 0.29) is 35.6 Å². The first-order valence-corrected chi connectivity index (χ1v) is 8.58. The molecule has 4 rings (SSSR count). The largest absolute Gasteiger partial charge is 0.467 e. The zero-order valence-electron chi connectivity index (χ0n) is 14.6. The second kappa shape index (κ2) is 7.11. The van der Waals surface area contributed by atoms with Gasteiger partial charge in [-0.2, -0.15) is 0 Å². The van der Waals surface area contributed by atoms with Crippen molar-refractivity contribution < 1.29 is 23.2 Å². The van der Waals surface area contributed by atoms with Crippen LogP contribution in [-0.4, -0.2) is 22.6 Å². The number of nitrogens with one attached hydrogen (secondary N) is 1. The highest BCUT2D eigenvalue weighted by molar-refractivity contribution is 6.22. The molecule has 1 N–H and O–H groups in total. The maximum absolute atomic E-state index is 12.9. The molecule has 2 heterocycles. The number of furan rings is 1. The molecule has 0 fully saturated rings. The molecule has 6 nitrogen and oxygen atoms in total. The predicted octanol–water partition coefficient (Wildman–Crippen LogP) is 3.14. The Morgan fingerprint density at radius 3 is 2.46 bits per heavy atom. The maximum Gasteiger partial charge on any atom is 0.261 e. The Labute approximate surface area is 159 Å². The number of hydrogen-bond acceptors (Lipinski definition) is 4. The van der Waals surface area contributed by atoms with Gasteiger partial charge in [0.2, 0.25) is 0 Å². The summed E-state index contributed by atoms with van der Waals surface area (Å²) in [5.41, 5.74) is 1.45. The van der Waals surface area contributed by atoms with Crippen molar-refractivity contribution in [1.82, 2.24) is 10.2 Å². The molecule has 28 heavy (non-hydrogen) atoms. The van der Waals surface area contributed by atoms with Crippen LogP contribution in [0.15, 0.2) is 65.3 Å². The van der Waals surface area contributed by atoms with E-state index in [4.69, 9.17) is 4.42 Å². The maximum atomic E-state index is 12.9. The van der Waals surface area contributed by atoms with Crippen LogP contribution >= 0.6 is 0 Å². The van der Waals surface area contributed by atoms with E-state index in [2.05, 4.69) is 5.32 Å². The van der Waals surface area contributed by atoms with Crippen molar-refractivity contribution in [3.8, 4) is 0 Å². The third-order valence-electron chi connectivity index (χ3n) is 4.49. The van der Waals surface area contributed by atoms with Gasteiger partial charge in [-0.25, -0.2) is 4.39 Å². The summed E-state index contributed by atoms with van der Waals surface area (Å²) in [6.45, 7) is 0.249. The molecular weight excluding hydrogens is 363 g/mol. The molecule has 1 aliphatic heterocycles. The Kier molecular flexibility index (Phi) is 4.49. The number of carbonyl (C=O) groups is 3. The quantitative estimate of drug-likeness (QED) is 0.692. The standard InChI is InChI=1S/C21H15FN2O4/c22-15-6-3-13(4-7-15)11-23-19(25)14-5-8-17-18(10-14)21(27)24(20(17)26)12-16-2-1-9-28-16/h1-10H,11-12H2,(H,23,25). The summed E-state index contributed by atoms with van der Waals surface area (Å²) in [4.78, 5) is 38.6. The summed E-state index contributed by atoms with van der Waals surface area (Å²) in [6, 6.07) is 13.5. The molecule has 0 atom stereocenters. The number of hydrogen-bond donors (Lipinski definition) is 1. The van der Waals surface area contributed by atoms with Crippen LogP contribution in [0.4, 0.5) is 4.39 Å². The molecule has 0 saturated carbocycles. The van der Waals surface area contributed by atoms with Crippen LogP contribution in [0.25, 0.3) is 0 Å². The van der Waals surface area contributed by atoms with Gasteiger partial charge in [0.25, 0.3) is 17.7 Å². The number of fused-ring (bicyclic) bond motifs is 1. The van der Waals surface area contributed by atoms with Crippen LogP contribution in [0, 0.1) is 5.82 Å². The van der Waals surface area contributed by atoms with Gasteiger partial charge in [-0.05, 0) is 48.0 Å². The number of rotatable bonds is 5. The monoisotopic (exact) mass is 378 g/mol. The summed E-state index contributed by atoms with van der Waals surface area (Å²) in [5.74, 6) is -1.14. The van der Waals surface area contributed by atoms with Crippen LogP contribution in [0.5, 0.6) is 0 Å². The molecule has 3 amide bonds. The normalized spacial score (nSPS) is 13.0. The molecule has 0 spiro atoms. The van der Waals surface area contributed by atoms with E-state index in [1.54, 1.807) is 24.3 Å². The number of halogens is 1. The molecule has 7 heteroatoms. The molecule has 0 bridgehead atoms. The van der Waals surface area contributed by atoms with E-state index in [1.165, 1.54) is 36.6 Å². The zero-order valence-corrected chi connectivity index (χ0v) is 14.6. The van der Waals surface area contributed by atoms with E-state index in [0.29, 0.717) is 5.76 Å². The number of benzene rings is 2. The summed E-state index contributed by atoms with van der Waals surface area (Å²) in [6.07, 6.45) is 1.47. The average molecular weight is 378 g/mol. The highest BCUT2D eigenvalue weighted by Crippen LogP contribution is 2.25. The second-order valence-electron chi connectivity index (χ2n) is 6.35. The number of amides is 3. The predicted molar refractivity (Wildman–Crippen MR) is 96.9 cm³/mol. The Morgan fingerprint density at radius 1 is 1.00 bits per heavy atom. The summed E-state index contributed by atoms with van der Waals surface area (Å²) >= 11 is 0. The van der Waals surface area contributed by atoms with Crippen LogP contribution in [0.2, 0.25) is 0 Å². The summed E-state index contributed by atoms with van der Waals surface area (Å²) in [7, 11) is 0. The first-order valence-electron chi connectivity index (χ1n) is 8.58. The van der Waals surface area contributed by atoms with E-state index < -0.39 is 17.7 Å². The van der Waals surface area contributed by atoms with Gasteiger partial charge >= 0.3 is 0 Å². The zero-order chi connectivity index (χ0) is 19.7. The molecule has 1 aromatic heterocycles. The Morgan fingerprint density at radius 2 is 1.75 bits per heavy atom. The third kappa shape index (κ3) is 3.29. The van der Waals surface area contributed by atoms with Gasteiger partial charge in [-0.1, -0.05) is 12.1 Å². The van der Waals surface area contributed by atoms with Crippen molar-refractivity contribution in [2.45, 2.75) is 13.1 Å². The highest BCUT2D eigenvalue weighted by atomic mass is 19.1. The van der Waals surface area contributed by atoms with Crippen molar-refractivity contribution >= 4 is 17.7 Å².